The molecule has 0 saturated heterocycles. The van der Waals surface area contributed by atoms with Gasteiger partial charge in [-0.05, 0) is 12.5 Å². The minimum atomic E-state index is -2.47. The van der Waals surface area contributed by atoms with E-state index in [9.17, 15) is 8.78 Å². The first-order chi connectivity index (χ1) is 7.16. The van der Waals surface area contributed by atoms with Crippen LogP contribution in [0.25, 0.3) is 0 Å². The van der Waals surface area contributed by atoms with Crippen LogP contribution >= 0.6 is 0 Å². The molecule has 0 radical (unpaired) electrons. The Kier molecular flexibility index (Phi) is 6.86. The molecular formula is C10H18F2N2O. The predicted molar refractivity (Wildman–Crippen MR) is 55.1 cm³/mol. The summed E-state index contributed by atoms with van der Waals surface area (Å²) in [6.45, 7) is 6.38. The number of aryl methyl sites for hydroxylation is 1. The highest BCUT2D eigenvalue weighted by Gasteiger charge is 2.16. The van der Waals surface area contributed by atoms with Gasteiger partial charge in [0.2, 0.25) is 0 Å². The fourth-order valence-corrected chi connectivity index (χ4v) is 1.13. The number of aromatic nitrogens is 2. The predicted octanol–water partition coefficient (Wildman–Crippen LogP) is 2.80. The molecule has 3 nitrogen and oxygen atoms in total. The van der Waals surface area contributed by atoms with Gasteiger partial charge in [0.1, 0.15) is 5.69 Å². The van der Waals surface area contributed by atoms with E-state index in [1.807, 2.05) is 13.8 Å². The maximum absolute atomic E-state index is 12.4. The van der Waals surface area contributed by atoms with Gasteiger partial charge in [-0.3, -0.25) is 4.68 Å². The lowest BCUT2D eigenvalue weighted by Gasteiger charge is -2.06. The second kappa shape index (κ2) is 7.34. The maximum Gasteiger partial charge on any atom is 0.280 e. The zero-order valence-corrected chi connectivity index (χ0v) is 9.63. The molecule has 0 N–H and O–H groups in total. The van der Waals surface area contributed by atoms with E-state index in [1.54, 1.807) is 6.92 Å². The van der Waals surface area contributed by atoms with Crippen LogP contribution in [0, 0.1) is 6.92 Å². The van der Waals surface area contributed by atoms with Crippen molar-refractivity contribution in [3.8, 4) is 0 Å². The quantitative estimate of drug-likeness (QED) is 0.780. The van der Waals surface area contributed by atoms with Gasteiger partial charge in [-0.2, -0.15) is 5.10 Å². The molecule has 1 aromatic heterocycles. The van der Waals surface area contributed by atoms with E-state index in [2.05, 4.69) is 5.10 Å². The van der Waals surface area contributed by atoms with Crippen LogP contribution in [0.1, 0.15) is 31.5 Å². The summed E-state index contributed by atoms with van der Waals surface area (Å²) in [7, 11) is 1.53. The number of hydrogen-bond acceptors (Lipinski definition) is 2. The summed E-state index contributed by atoms with van der Waals surface area (Å²) >= 11 is 0. The zero-order valence-electron chi connectivity index (χ0n) is 9.63. The first-order valence-electron chi connectivity index (χ1n) is 4.96. The van der Waals surface area contributed by atoms with Crippen molar-refractivity contribution in [1.29, 1.82) is 0 Å². The molecule has 15 heavy (non-hydrogen) atoms. The van der Waals surface area contributed by atoms with Crippen molar-refractivity contribution in [1.82, 2.24) is 9.78 Å². The molecule has 5 heteroatoms. The summed E-state index contributed by atoms with van der Waals surface area (Å²) in [5, 5.41) is 3.83. The second-order valence-electron chi connectivity index (χ2n) is 2.73. The number of ether oxygens (including phenoxy) is 1. The zero-order chi connectivity index (χ0) is 11.8. The molecule has 0 amide bonds. The minimum Gasteiger partial charge on any atom is -0.383 e. The summed E-state index contributed by atoms with van der Waals surface area (Å²) in [6, 6.07) is 0. The molecule has 0 aliphatic heterocycles. The van der Waals surface area contributed by atoms with E-state index >= 15 is 0 Å². The lowest BCUT2D eigenvalue weighted by Crippen LogP contribution is -2.10. The van der Waals surface area contributed by atoms with Crippen LogP contribution < -0.4 is 0 Å². The highest BCUT2D eigenvalue weighted by Crippen LogP contribution is 2.21. The van der Waals surface area contributed by atoms with Crippen molar-refractivity contribution < 1.29 is 13.5 Å². The van der Waals surface area contributed by atoms with E-state index < -0.39 is 6.43 Å². The van der Waals surface area contributed by atoms with E-state index in [4.69, 9.17) is 4.74 Å². The van der Waals surface area contributed by atoms with Crippen LogP contribution in [0.4, 0.5) is 8.78 Å². The van der Waals surface area contributed by atoms with Crippen LogP contribution in [0.5, 0.6) is 0 Å². The van der Waals surface area contributed by atoms with E-state index in [1.165, 1.54) is 18.0 Å². The van der Waals surface area contributed by atoms with E-state index in [0.717, 1.165) is 0 Å². The SMILES string of the molecule is CC.COCCn1ncc(C)c1C(F)F. The van der Waals surface area contributed by atoms with Crippen molar-refractivity contribution in [2.24, 2.45) is 0 Å². The van der Waals surface area contributed by atoms with Gasteiger partial charge in [0, 0.05) is 7.11 Å². The smallest absolute Gasteiger partial charge is 0.280 e. The summed E-state index contributed by atoms with van der Waals surface area (Å²) in [5.41, 5.74) is 0.503. The first kappa shape index (κ1) is 14.0. The van der Waals surface area contributed by atoms with Gasteiger partial charge in [0.05, 0.1) is 19.3 Å². The third-order valence-electron chi connectivity index (χ3n) is 1.79. The Hall–Kier alpha value is -0.970. The van der Waals surface area contributed by atoms with Crippen molar-refractivity contribution >= 4 is 0 Å². The maximum atomic E-state index is 12.4. The van der Waals surface area contributed by atoms with E-state index in [-0.39, 0.29) is 5.69 Å². The van der Waals surface area contributed by atoms with Gasteiger partial charge in [0.25, 0.3) is 6.43 Å². The number of rotatable bonds is 4. The largest absolute Gasteiger partial charge is 0.383 e. The third kappa shape index (κ3) is 3.95. The topological polar surface area (TPSA) is 27.1 Å². The Bertz CT molecular complexity index is 274. The van der Waals surface area contributed by atoms with Crippen LogP contribution in [0.15, 0.2) is 6.20 Å². The van der Waals surface area contributed by atoms with Crippen molar-refractivity contribution in [2.45, 2.75) is 33.7 Å². The summed E-state index contributed by atoms with van der Waals surface area (Å²) in [5.74, 6) is 0. The van der Waals surface area contributed by atoms with Gasteiger partial charge in [-0.25, -0.2) is 8.78 Å². The van der Waals surface area contributed by atoms with Crippen molar-refractivity contribution in [3.05, 3.63) is 17.5 Å². The van der Waals surface area contributed by atoms with Gasteiger partial charge >= 0.3 is 0 Å². The average molecular weight is 220 g/mol. The number of halogens is 2. The molecule has 88 valence electrons. The van der Waals surface area contributed by atoms with Gasteiger partial charge in [-0.1, -0.05) is 13.8 Å². The van der Waals surface area contributed by atoms with Crippen LogP contribution in [-0.2, 0) is 11.3 Å². The summed E-state index contributed by atoms with van der Waals surface area (Å²) < 4.78 is 31.0. The Labute approximate surface area is 89.0 Å². The number of alkyl halides is 2. The lowest BCUT2D eigenvalue weighted by molar-refractivity contribution is 0.130. The molecule has 0 unspecified atom stereocenters. The molecule has 0 bridgehead atoms. The summed E-state index contributed by atoms with van der Waals surface area (Å²) in [4.78, 5) is 0. The molecular weight excluding hydrogens is 202 g/mol. The standard InChI is InChI=1S/C8H12F2N2O.C2H6/c1-6-5-11-12(3-4-13-2)7(6)8(9)10;1-2/h5,8H,3-4H2,1-2H3;1-2H3. The van der Waals surface area contributed by atoms with Crippen LogP contribution in [-0.4, -0.2) is 23.5 Å². The fraction of sp³-hybridized carbons (Fsp3) is 0.700. The minimum absolute atomic E-state index is 0.0166. The van der Waals surface area contributed by atoms with Crippen LogP contribution in [0.2, 0.25) is 0 Å². The number of hydrogen-bond donors (Lipinski definition) is 0. The van der Waals surface area contributed by atoms with Gasteiger partial charge < -0.3 is 4.74 Å². The third-order valence-corrected chi connectivity index (χ3v) is 1.79. The van der Waals surface area contributed by atoms with Crippen molar-refractivity contribution in [2.75, 3.05) is 13.7 Å². The normalized spacial score (nSPS) is 10.1. The molecule has 0 saturated carbocycles. The molecule has 0 spiro atoms. The molecule has 0 atom stereocenters. The molecule has 1 aromatic rings. The first-order valence-corrected chi connectivity index (χ1v) is 4.96. The highest BCUT2D eigenvalue weighted by atomic mass is 19.3. The Morgan fingerprint density at radius 1 is 1.47 bits per heavy atom. The second-order valence-corrected chi connectivity index (χ2v) is 2.73. The lowest BCUT2D eigenvalue weighted by atomic mass is 10.3. The number of methoxy groups -OCH3 is 1. The Morgan fingerprint density at radius 3 is 2.53 bits per heavy atom. The molecule has 0 aliphatic carbocycles. The highest BCUT2D eigenvalue weighted by molar-refractivity contribution is 5.16. The van der Waals surface area contributed by atoms with E-state index in [0.29, 0.717) is 18.7 Å². The molecule has 0 aliphatic rings. The molecule has 1 rings (SSSR count). The van der Waals surface area contributed by atoms with Gasteiger partial charge in [0.15, 0.2) is 0 Å². The molecule has 1 heterocycles. The molecule has 0 fully saturated rings. The van der Waals surface area contributed by atoms with Gasteiger partial charge in [-0.15, -0.1) is 0 Å². The van der Waals surface area contributed by atoms with Crippen molar-refractivity contribution in [3.63, 3.8) is 0 Å². The monoisotopic (exact) mass is 220 g/mol. The average Bonchev–Trinajstić information content (AvgIpc) is 2.59. The molecule has 0 aromatic carbocycles. The Morgan fingerprint density at radius 2 is 2.07 bits per heavy atom. The fourth-order valence-electron chi connectivity index (χ4n) is 1.13. The number of nitrogens with zero attached hydrogens (tertiary/aromatic N) is 2. The summed E-state index contributed by atoms with van der Waals surface area (Å²) in [6.07, 6.45) is -1.03. The van der Waals surface area contributed by atoms with Crippen LogP contribution in [0.3, 0.4) is 0 Å². The Balaban J connectivity index is 0.000000921.